The second-order valence-electron chi connectivity index (χ2n) is 3.94. The molecule has 0 radical (unpaired) electrons. The highest BCUT2D eigenvalue weighted by Crippen LogP contribution is 2.25. The maximum Gasteiger partial charge on any atom is 0.262 e. The van der Waals surface area contributed by atoms with E-state index < -0.39 is 27.6 Å². The molecule has 0 aliphatic carbocycles. The van der Waals surface area contributed by atoms with Crippen LogP contribution in [0.2, 0.25) is 5.02 Å². The zero-order chi connectivity index (χ0) is 14.9. The predicted molar refractivity (Wildman–Crippen MR) is 71.2 cm³/mol. The Morgan fingerprint density at radius 2 is 1.90 bits per heavy atom. The normalized spacial score (nSPS) is 11.4. The van der Waals surface area contributed by atoms with Gasteiger partial charge in [-0.3, -0.25) is 4.72 Å². The largest absolute Gasteiger partial charge is 0.275 e. The zero-order valence-corrected chi connectivity index (χ0v) is 11.8. The highest BCUT2D eigenvalue weighted by atomic mass is 35.5. The summed E-state index contributed by atoms with van der Waals surface area (Å²) in [5, 5.41) is 0.269. The van der Waals surface area contributed by atoms with E-state index in [-0.39, 0.29) is 9.92 Å². The fraction of sp³-hybridized carbons (Fsp3) is 0.0833. The summed E-state index contributed by atoms with van der Waals surface area (Å²) in [5.74, 6) is -2.28. The average Bonchev–Trinajstić information content (AvgIpc) is 2.36. The number of anilines is 1. The molecule has 8 heteroatoms. The standard InChI is InChI=1S/C12H9ClF2N2O2S/c1-7-8(13)3-2-4-10(7)20(18,19)17-9-5-6-11(14)16-12(9)15/h2-6,17H,1H3. The second-order valence-corrected chi connectivity index (χ2v) is 6.00. The van der Waals surface area contributed by atoms with Crippen LogP contribution in [0.25, 0.3) is 0 Å². The molecular weight excluding hydrogens is 310 g/mol. The second kappa shape index (κ2) is 5.34. The molecule has 0 aliphatic heterocycles. The summed E-state index contributed by atoms with van der Waals surface area (Å²) in [7, 11) is -4.04. The van der Waals surface area contributed by atoms with Crippen molar-refractivity contribution in [3.63, 3.8) is 0 Å². The van der Waals surface area contributed by atoms with Gasteiger partial charge in [-0.15, -0.1) is 0 Å². The molecule has 0 bridgehead atoms. The fourth-order valence-corrected chi connectivity index (χ4v) is 3.12. The predicted octanol–water partition coefficient (Wildman–Crippen LogP) is 3.12. The van der Waals surface area contributed by atoms with Crippen LogP contribution in [0.15, 0.2) is 35.2 Å². The van der Waals surface area contributed by atoms with E-state index >= 15 is 0 Å². The van der Waals surface area contributed by atoms with Crippen molar-refractivity contribution < 1.29 is 17.2 Å². The number of hydrogen-bond donors (Lipinski definition) is 1. The highest BCUT2D eigenvalue weighted by molar-refractivity contribution is 7.92. The number of nitrogens with zero attached hydrogens (tertiary/aromatic N) is 1. The van der Waals surface area contributed by atoms with Gasteiger partial charge in [0.1, 0.15) is 5.69 Å². The number of pyridine rings is 1. The number of rotatable bonds is 3. The molecule has 0 atom stereocenters. The summed E-state index contributed by atoms with van der Waals surface area (Å²) >= 11 is 5.85. The minimum Gasteiger partial charge on any atom is -0.275 e. The third-order valence-corrected chi connectivity index (χ3v) is 4.49. The van der Waals surface area contributed by atoms with E-state index in [0.29, 0.717) is 5.56 Å². The van der Waals surface area contributed by atoms with Gasteiger partial charge in [-0.2, -0.15) is 13.8 Å². The quantitative estimate of drug-likeness (QED) is 0.885. The van der Waals surface area contributed by atoms with Crippen molar-refractivity contribution in [3.05, 3.63) is 52.8 Å². The molecule has 0 aliphatic rings. The molecule has 1 N–H and O–H groups in total. The molecule has 106 valence electrons. The van der Waals surface area contributed by atoms with Crippen molar-refractivity contribution in [3.8, 4) is 0 Å². The summed E-state index contributed by atoms with van der Waals surface area (Å²) in [6.07, 6.45) is 0. The van der Waals surface area contributed by atoms with Gasteiger partial charge < -0.3 is 0 Å². The van der Waals surface area contributed by atoms with Crippen LogP contribution in [0.5, 0.6) is 0 Å². The molecule has 0 saturated carbocycles. The Bertz CT molecular complexity index is 766. The van der Waals surface area contributed by atoms with Gasteiger partial charge in [0.05, 0.1) is 4.90 Å². The summed E-state index contributed by atoms with van der Waals surface area (Å²) in [4.78, 5) is 2.82. The van der Waals surface area contributed by atoms with Gasteiger partial charge in [-0.05, 0) is 36.8 Å². The molecule has 1 aromatic carbocycles. The van der Waals surface area contributed by atoms with Crippen molar-refractivity contribution in [1.29, 1.82) is 0 Å². The van der Waals surface area contributed by atoms with Crippen molar-refractivity contribution in [2.45, 2.75) is 11.8 Å². The summed E-state index contributed by atoms with van der Waals surface area (Å²) in [6, 6.07) is 6.14. The van der Waals surface area contributed by atoms with E-state index in [0.717, 1.165) is 12.1 Å². The summed E-state index contributed by atoms with van der Waals surface area (Å²) in [6.45, 7) is 1.52. The SMILES string of the molecule is Cc1c(Cl)cccc1S(=O)(=O)Nc1ccc(F)nc1F. The molecule has 0 amide bonds. The fourth-order valence-electron chi connectivity index (χ4n) is 1.57. The Morgan fingerprint density at radius 3 is 2.55 bits per heavy atom. The van der Waals surface area contributed by atoms with E-state index in [1.807, 2.05) is 4.72 Å². The first-order valence-corrected chi connectivity index (χ1v) is 7.27. The maximum atomic E-state index is 13.4. The Morgan fingerprint density at radius 1 is 1.20 bits per heavy atom. The molecule has 2 rings (SSSR count). The Balaban J connectivity index is 2.44. The number of hydrogen-bond acceptors (Lipinski definition) is 3. The monoisotopic (exact) mass is 318 g/mol. The Labute approximate surface area is 119 Å². The average molecular weight is 319 g/mol. The molecule has 2 aromatic rings. The number of aromatic nitrogens is 1. The van der Waals surface area contributed by atoms with E-state index in [1.54, 1.807) is 0 Å². The maximum absolute atomic E-state index is 13.4. The number of benzene rings is 1. The van der Waals surface area contributed by atoms with Gasteiger partial charge in [0, 0.05) is 5.02 Å². The van der Waals surface area contributed by atoms with Crippen LogP contribution in [0.1, 0.15) is 5.56 Å². The van der Waals surface area contributed by atoms with Crippen LogP contribution in [0.4, 0.5) is 14.5 Å². The van der Waals surface area contributed by atoms with Crippen LogP contribution in [-0.4, -0.2) is 13.4 Å². The van der Waals surface area contributed by atoms with Crippen LogP contribution in [-0.2, 0) is 10.0 Å². The minimum atomic E-state index is -4.04. The highest BCUT2D eigenvalue weighted by Gasteiger charge is 2.20. The summed E-state index contributed by atoms with van der Waals surface area (Å²) in [5.41, 5.74) is -0.108. The molecule has 0 fully saturated rings. The lowest BCUT2D eigenvalue weighted by molar-refractivity contribution is 0.515. The molecule has 1 heterocycles. The van der Waals surface area contributed by atoms with Gasteiger partial charge >= 0.3 is 0 Å². The molecule has 4 nitrogen and oxygen atoms in total. The topological polar surface area (TPSA) is 59.1 Å². The van der Waals surface area contributed by atoms with Gasteiger partial charge in [0.2, 0.25) is 11.9 Å². The van der Waals surface area contributed by atoms with Gasteiger partial charge in [0.25, 0.3) is 10.0 Å². The number of halogens is 3. The first-order chi connectivity index (χ1) is 9.31. The van der Waals surface area contributed by atoms with Gasteiger partial charge in [-0.25, -0.2) is 8.42 Å². The van der Waals surface area contributed by atoms with Crippen molar-refractivity contribution in [1.82, 2.24) is 4.98 Å². The van der Waals surface area contributed by atoms with E-state index in [9.17, 15) is 17.2 Å². The van der Waals surface area contributed by atoms with Crippen LogP contribution in [0, 0.1) is 18.8 Å². The van der Waals surface area contributed by atoms with E-state index in [4.69, 9.17) is 11.6 Å². The Kier molecular flexibility index (Phi) is 3.92. The third kappa shape index (κ3) is 2.88. The third-order valence-electron chi connectivity index (χ3n) is 2.57. The van der Waals surface area contributed by atoms with Gasteiger partial charge in [0.15, 0.2) is 0 Å². The first-order valence-electron chi connectivity index (χ1n) is 5.41. The molecule has 20 heavy (non-hydrogen) atoms. The van der Waals surface area contributed by atoms with Crippen LogP contribution >= 0.6 is 11.6 Å². The van der Waals surface area contributed by atoms with Crippen molar-refractivity contribution in [2.24, 2.45) is 0 Å². The van der Waals surface area contributed by atoms with Crippen molar-refractivity contribution in [2.75, 3.05) is 4.72 Å². The first kappa shape index (κ1) is 14.7. The number of nitrogens with one attached hydrogen (secondary N) is 1. The number of sulfonamides is 1. The van der Waals surface area contributed by atoms with Crippen LogP contribution in [0.3, 0.4) is 0 Å². The van der Waals surface area contributed by atoms with Crippen LogP contribution < -0.4 is 4.72 Å². The molecule has 0 saturated heterocycles. The van der Waals surface area contributed by atoms with Crippen molar-refractivity contribution >= 4 is 27.3 Å². The summed E-state index contributed by atoms with van der Waals surface area (Å²) < 4.78 is 52.4. The van der Waals surface area contributed by atoms with E-state index in [1.165, 1.54) is 25.1 Å². The minimum absolute atomic E-state index is 0.0891. The smallest absolute Gasteiger partial charge is 0.262 e. The molecular formula is C12H9ClF2N2O2S. The van der Waals surface area contributed by atoms with E-state index in [2.05, 4.69) is 4.98 Å². The molecule has 0 unspecified atom stereocenters. The molecule has 1 aromatic heterocycles. The lowest BCUT2D eigenvalue weighted by Crippen LogP contribution is -2.16. The lowest BCUT2D eigenvalue weighted by atomic mass is 10.2. The lowest BCUT2D eigenvalue weighted by Gasteiger charge is -2.11. The zero-order valence-electron chi connectivity index (χ0n) is 10.2. The van der Waals surface area contributed by atoms with Gasteiger partial charge in [-0.1, -0.05) is 17.7 Å². The molecule has 0 spiro atoms. The Hall–Kier alpha value is -1.73.